The van der Waals surface area contributed by atoms with Gasteiger partial charge in [0.05, 0.1) is 5.57 Å². The lowest BCUT2D eigenvalue weighted by Gasteiger charge is -2.32. The van der Waals surface area contributed by atoms with Crippen LogP contribution in [0.3, 0.4) is 0 Å². The van der Waals surface area contributed by atoms with Crippen molar-refractivity contribution in [3.05, 3.63) is 23.5 Å². The maximum absolute atomic E-state index is 10.8. The molecule has 0 aromatic rings. The number of rotatable bonds is 2. The van der Waals surface area contributed by atoms with E-state index in [1.165, 1.54) is 19.3 Å². The largest absolute Gasteiger partial charge is 0.478 e. The van der Waals surface area contributed by atoms with E-state index in [1.54, 1.807) is 12.2 Å². The van der Waals surface area contributed by atoms with Crippen LogP contribution < -0.4 is 5.32 Å². The number of aliphatic carboxylic acids is 1. The van der Waals surface area contributed by atoms with Crippen LogP contribution in [0.15, 0.2) is 23.5 Å². The van der Waals surface area contributed by atoms with Gasteiger partial charge in [-0.15, -0.1) is 0 Å². The molecule has 2 aliphatic heterocycles. The first-order chi connectivity index (χ1) is 7.27. The van der Waals surface area contributed by atoms with Gasteiger partial charge in [-0.25, -0.2) is 4.79 Å². The molecule has 0 aromatic carbocycles. The molecule has 1 saturated heterocycles. The molecule has 0 amide bonds. The third-order valence-electron chi connectivity index (χ3n) is 2.84. The molecule has 1 fully saturated rings. The van der Waals surface area contributed by atoms with E-state index in [0.717, 1.165) is 18.9 Å². The monoisotopic (exact) mass is 208 g/mol. The quantitative estimate of drug-likeness (QED) is 0.708. The number of carboxylic acid groups (broad SMARTS) is 1. The van der Waals surface area contributed by atoms with Gasteiger partial charge >= 0.3 is 5.97 Å². The van der Waals surface area contributed by atoms with Gasteiger partial charge in [-0.3, -0.25) is 0 Å². The van der Waals surface area contributed by atoms with Crippen molar-refractivity contribution in [3.63, 3.8) is 0 Å². The summed E-state index contributed by atoms with van der Waals surface area (Å²) >= 11 is 0. The van der Waals surface area contributed by atoms with E-state index < -0.39 is 5.97 Å². The van der Waals surface area contributed by atoms with Crippen LogP contribution in [0.2, 0.25) is 0 Å². The Bertz CT molecular complexity index is 315. The number of hydrogen-bond acceptors (Lipinski definition) is 3. The Labute approximate surface area is 89.3 Å². The van der Waals surface area contributed by atoms with Crippen LogP contribution in [0, 0.1) is 0 Å². The zero-order chi connectivity index (χ0) is 10.7. The summed E-state index contributed by atoms with van der Waals surface area (Å²) in [5, 5.41) is 12.1. The second kappa shape index (κ2) is 4.38. The predicted octanol–water partition coefficient (Wildman–Crippen LogP) is 0.928. The summed E-state index contributed by atoms with van der Waals surface area (Å²) in [5.41, 5.74) is 0.398. The molecule has 0 aliphatic carbocycles. The summed E-state index contributed by atoms with van der Waals surface area (Å²) in [6.45, 7) is 2.68. The van der Waals surface area contributed by atoms with Crippen molar-refractivity contribution >= 4 is 5.97 Å². The van der Waals surface area contributed by atoms with Gasteiger partial charge < -0.3 is 15.3 Å². The lowest BCUT2D eigenvalue weighted by molar-refractivity contribution is -0.132. The van der Waals surface area contributed by atoms with Gasteiger partial charge in [0.1, 0.15) is 5.82 Å². The van der Waals surface area contributed by atoms with Crippen LogP contribution in [-0.2, 0) is 4.79 Å². The zero-order valence-corrected chi connectivity index (χ0v) is 8.70. The molecule has 15 heavy (non-hydrogen) atoms. The van der Waals surface area contributed by atoms with Crippen molar-refractivity contribution in [1.29, 1.82) is 0 Å². The molecule has 82 valence electrons. The summed E-state index contributed by atoms with van der Waals surface area (Å²) in [4.78, 5) is 13.1. The van der Waals surface area contributed by atoms with Crippen molar-refractivity contribution in [1.82, 2.24) is 10.2 Å². The van der Waals surface area contributed by atoms with Gasteiger partial charge in [-0.2, -0.15) is 0 Å². The molecule has 0 unspecified atom stereocenters. The van der Waals surface area contributed by atoms with Crippen LogP contribution >= 0.6 is 0 Å². The third-order valence-corrected chi connectivity index (χ3v) is 2.84. The molecule has 2 N–H and O–H groups in total. The molecule has 0 aromatic heterocycles. The Kier molecular flexibility index (Phi) is 2.94. The SMILES string of the molecule is O=C(O)C1=CCNC(N2CCCCC2)=C1. The summed E-state index contributed by atoms with van der Waals surface area (Å²) < 4.78 is 0. The Morgan fingerprint density at radius 1 is 1.33 bits per heavy atom. The fourth-order valence-corrected chi connectivity index (χ4v) is 2.01. The van der Waals surface area contributed by atoms with Crippen molar-refractivity contribution in [2.45, 2.75) is 19.3 Å². The van der Waals surface area contributed by atoms with Crippen LogP contribution in [0.25, 0.3) is 0 Å². The average Bonchev–Trinajstić information content (AvgIpc) is 2.30. The van der Waals surface area contributed by atoms with E-state index in [0.29, 0.717) is 12.1 Å². The molecular formula is C11H16N2O2. The number of carbonyl (C=O) groups is 1. The number of nitrogens with one attached hydrogen (secondary N) is 1. The van der Waals surface area contributed by atoms with Gasteiger partial charge in [0, 0.05) is 19.6 Å². The van der Waals surface area contributed by atoms with E-state index in [4.69, 9.17) is 5.11 Å². The smallest absolute Gasteiger partial charge is 0.335 e. The fraction of sp³-hybridized carbons (Fsp3) is 0.545. The second-order valence-corrected chi connectivity index (χ2v) is 3.92. The molecule has 0 spiro atoms. The van der Waals surface area contributed by atoms with Crippen molar-refractivity contribution < 1.29 is 9.90 Å². The van der Waals surface area contributed by atoms with E-state index in [9.17, 15) is 4.79 Å². The number of hydrogen-bond donors (Lipinski definition) is 2. The summed E-state index contributed by atoms with van der Waals surface area (Å²) in [6, 6.07) is 0. The molecule has 4 heteroatoms. The van der Waals surface area contributed by atoms with E-state index in [1.807, 2.05) is 0 Å². The Morgan fingerprint density at radius 3 is 2.73 bits per heavy atom. The first-order valence-corrected chi connectivity index (χ1v) is 5.41. The van der Waals surface area contributed by atoms with Gasteiger partial charge in [-0.1, -0.05) is 6.08 Å². The number of dihydropyridines is 1. The molecule has 2 aliphatic rings. The highest BCUT2D eigenvalue weighted by Crippen LogP contribution is 2.16. The highest BCUT2D eigenvalue weighted by atomic mass is 16.4. The topological polar surface area (TPSA) is 52.6 Å². The molecular weight excluding hydrogens is 192 g/mol. The van der Waals surface area contributed by atoms with E-state index >= 15 is 0 Å². The van der Waals surface area contributed by atoms with Crippen LogP contribution in [0.5, 0.6) is 0 Å². The van der Waals surface area contributed by atoms with Gasteiger partial charge in [0.15, 0.2) is 0 Å². The van der Waals surface area contributed by atoms with Crippen molar-refractivity contribution in [2.24, 2.45) is 0 Å². The van der Waals surface area contributed by atoms with Crippen molar-refractivity contribution in [3.8, 4) is 0 Å². The van der Waals surface area contributed by atoms with E-state index in [2.05, 4.69) is 10.2 Å². The summed E-state index contributed by atoms with van der Waals surface area (Å²) in [6.07, 6.45) is 7.12. The lowest BCUT2D eigenvalue weighted by atomic mass is 10.1. The molecule has 4 nitrogen and oxygen atoms in total. The van der Waals surface area contributed by atoms with Gasteiger partial charge in [0.2, 0.25) is 0 Å². The van der Waals surface area contributed by atoms with Crippen LogP contribution in [-0.4, -0.2) is 35.6 Å². The first kappa shape index (κ1) is 10.1. The van der Waals surface area contributed by atoms with E-state index in [-0.39, 0.29) is 0 Å². The van der Waals surface area contributed by atoms with Gasteiger partial charge in [0.25, 0.3) is 0 Å². The molecule has 0 saturated carbocycles. The first-order valence-electron chi connectivity index (χ1n) is 5.41. The maximum Gasteiger partial charge on any atom is 0.335 e. The Hall–Kier alpha value is -1.45. The van der Waals surface area contributed by atoms with Gasteiger partial charge in [-0.05, 0) is 25.3 Å². The second-order valence-electron chi connectivity index (χ2n) is 3.92. The number of carboxylic acids is 1. The summed E-state index contributed by atoms with van der Waals surface area (Å²) in [7, 11) is 0. The van der Waals surface area contributed by atoms with Crippen LogP contribution in [0.4, 0.5) is 0 Å². The number of nitrogens with zero attached hydrogens (tertiary/aromatic N) is 1. The maximum atomic E-state index is 10.8. The fourth-order valence-electron chi connectivity index (χ4n) is 2.01. The van der Waals surface area contributed by atoms with Crippen LogP contribution in [0.1, 0.15) is 19.3 Å². The Morgan fingerprint density at radius 2 is 2.07 bits per heavy atom. The standard InChI is InChI=1S/C11H16N2O2/c14-11(15)9-4-5-12-10(8-9)13-6-2-1-3-7-13/h4,8,12H,1-3,5-7H2,(H,14,15). The lowest BCUT2D eigenvalue weighted by Crippen LogP contribution is -2.37. The minimum Gasteiger partial charge on any atom is -0.478 e. The molecule has 0 atom stereocenters. The highest BCUT2D eigenvalue weighted by Gasteiger charge is 2.17. The highest BCUT2D eigenvalue weighted by molar-refractivity contribution is 5.90. The normalized spacial score (nSPS) is 21.5. The molecule has 2 rings (SSSR count). The minimum absolute atomic E-state index is 0.398. The Balaban J connectivity index is 2.08. The average molecular weight is 208 g/mol. The third kappa shape index (κ3) is 2.32. The molecule has 0 radical (unpaired) electrons. The molecule has 0 bridgehead atoms. The number of piperidine rings is 1. The zero-order valence-electron chi connectivity index (χ0n) is 8.70. The number of likely N-dealkylation sites (tertiary alicyclic amines) is 1. The summed E-state index contributed by atoms with van der Waals surface area (Å²) in [5.74, 6) is 0.126. The minimum atomic E-state index is -0.842. The molecule has 2 heterocycles. The van der Waals surface area contributed by atoms with Crippen molar-refractivity contribution in [2.75, 3.05) is 19.6 Å². The predicted molar refractivity (Wildman–Crippen MR) is 57.2 cm³/mol.